The Labute approximate surface area is 86.7 Å². The van der Waals surface area contributed by atoms with Gasteiger partial charge in [0.1, 0.15) is 0 Å². The molecule has 0 aliphatic carbocycles. The van der Waals surface area contributed by atoms with Crippen LogP contribution in [0.25, 0.3) is 0 Å². The van der Waals surface area contributed by atoms with Crippen molar-refractivity contribution in [2.45, 2.75) is 45.9 Å². The van der Waals surface area contributed by atoms with Crippen molar-refractivity contribution in [3.05, 3.63) is 0 Å². The number of nitrogens with zero attached hydrogens (tertiary/aromatic N) is 1. The molecule has 0 amide bonds. The largest absolute Gasteiger partial charge is 0.395 e. The van der Waals surface area contributed by atoms with Crippen molar-refractivity contribution in [3.63, 3.8) is 0 Å². The Morgan fingerprint density at radius 1 is 1.29 bits per heavy atom. The number of piperidine rings is 1. The third-order valence-corrected chi connectivity index (χ3v) is 4.19. The molecule has 1 saturated heterocycles. The van der Waals surface area contributed by atoms with E-state index in [1.54, 1.807) is 0 Å². The van der Waals surface area contributed by atoms with Gasteiger partial charge in [-0.25, -0.2) is 0 Å². The van der Waals surface area contributed by atoms with Crippen LogP contribution in [-0.4, -0.2) is 47.0 Å². The van der Waals surface area contributed by atoms with E-state index in [4.69, 9.17) is 0 Å². The lowest BCUT2D eigenvalue weighted by Crippen LogP contribution is -2.63. The SMILES string of the molecule is CC1C(O)C(C)(C)C(CO)N(C)[C@H]1C. The molecule has 0 spiro atoms. The van der Waals surface area contributed by atoms with E-state index in [-0.39, 0.29) is 30.1 Å². The van der Waals surface area contributed by atoms with Gasteiger partial charge in [0.05, 0.1) is 12.7 Å². The fraction of sp³-hybridized carbons (Fsp3) is 1.00. The second-order valence-corrected chi connectivity index (χ2v) is 5.23. The average Bonchev–Trinajstić information content (AvgIpc) is 2.13. The molecule has 1 fully saturated rings. The summed E-state index contributed by atoms with van der Waals surface area (Å²) in [6.45, 7) is 8.33. The first-order valence-corrected chi connectivity index (χ1v) is 5.35. The van der Waals surface area contributed by atoms with Crippen LogP contribution in [0.1, 0.15) is 27.7 Å². The Morgan fingerprint density at radius 3 is 2.21 bits per heavy atom. The van der Waals surface area contributed by atoms with Crippen molar-refractivity contribution in [2.75, 3.05) is 13.7 Å². The fourth-order valence-corrected chi connectivity index (χ4v) is 2.68. The van der Waals surface area contributed by atoms with Crippen molar-refractivity contribution in [3.8, 4) is 0 Å². The van der Waals surface area contributed by atoms with Crippen LogP contribution in [0.4, 0.5) is 0 Å². The third-order valence-electron chi connectivity index (χ3n) is 4.19. The molecule has 0 saturated carbocycles. The Bertz CT molecular complexity index is 205. The van der Waals surface area contributed by atoms with Gasteiger partial charge in [-0.05, 0) is 19.9 Å². The highest BCUT2D eigenvalue weighted by Gasteiger charge is 2.48. The zero-order chi connectivity index (χ0) is 11.1. The highest BCUT2D eigenvalue weighted by molar-refractivity contribution is 5.00. The molecule has 3 heteroatoms. The molecule has 14 heavy (non-hydrogen) atoms. The smallest absolute Gasteiger partial charge is 0.0647 e. The van der Waals surface area contributed by atoms with E-state index in [1.165, 1.54) is 0 Å². The number of rotatable bonds is 1. The zero-order valence-electron chi connectivity index (χ0n) is 9.86. The summed E-state index contributed by atoms with van der Waals surface area (Å²) >= 11 is 0. The van der Waals surface area contributed by atoms with E-state index in [9.17, 15) is 10.2 Å². The molecule has 4 atom stereocenters. The molecule has 0 aromatic rings. The second-order valence-electron chi connectivity index (χ2n) is 5.23. The lowest BCUT2D eigenvalue weighted by Gasteiger charge is -2.53. The normalized spacial score (nSPS) is 43.9. The molecule has 3 unspecified atom stereocenters. The Balaban J connectivity index is 2.96. The molecule has 84 valence electrons. The van der Waals surface area contributed by atoms with Crippen LogP contribution < -0.4 is 0 Å². The molecule has 1 rings (SSSR count). The van der Waals surface area contributed by atoms with E-state index in [2.05, 4.69) is 18.7 Å². The topological polar surface area (TPSA) is 43.7 Å². The van der Waals surface area contributed by atoms with Crippen LogP contribution in [0.2, 0.25) is 0 Å². The standard InChI is InChI=1S/C11H23NO2/c1-7-8(2)12(5)9(6-13)11(3,4)10(7)14/h7-10,13-14H,6H2,1-5H3/t7?,8-,9?,10?/m0/s1. The average molecular weight is 201 g/mol. The van der Waals surface area contributed by atoms with E-state index >= 15 is 0 Å². The highest BCUT2D eigenvalue weighted by Crippen LogP contribution is 2.40. The quantitative estimate of drug-likeness (QED) is 0.656. The minimum atomic E-state index is -0.342. The van der Waals surface area contributed by atoms with Crippen molar-refractivity contribution in [1.82, 2.24) is 4.90 Å². The van der Waals surface area contributed by atoms with Gasteiger partial charge < -0.3 is 10.2 Å². The van der Waals surface area contributed by atoms with Crippen molar-refractivity contribution in [2.24, 2.45) is 11.3 Å². The summed E-state index contributed by atoms with van der Waals surface area (Å²) in [5, 5.41) is 19.5. The summed E-state index contributed by atoms with van der Waals surface area (Å²) in [4.78, 5) is 2.18. The predicted molar refractivity (Wildman–Crippen MR) is 57.1 cm³/mol. The first kappa shape index (κ1) is 12.0. The molecule has 1 heterocycles. The summed E-state index contributed by atoms with van der Waals surface area (Å²) in [5.74, 6) is 0.248. The van der Waals surface area contributed by atoms with Crippen LogP contribution >= 0.6 is 0 Å². The lowest BCUT2D eigenvalue weighted by molar-refractivity contribution is -0.129. The van der Waals surface area contributed by atoms with E-state index in [0.717, 1.165) is 0 Å². The highest BCUT2D eigenvalue weighted by atomic mass is 16.3. The van der Waals surface area contributed by atoms with Crippen LogP contribution in [0, 0.1) is 11.3 Å². The van der Waals surface area contributed by atoms with Gasteiger partial charge in [-0.2, -0.15) is 0 Å². The Kier molecular flexibility index (Phi) is 3.24. The molecule has 0 radical (unpaired) electrons. The second kappa shape index (κ2) is 3.80. The first-order chi connectivity index (χ1) is 6.34. The van der Waals surface area contributed by atoms with Gasteiger partial charge in [-0.15, -0.1) is 0 Å². The zero-order valence-corrected chi connectivity index (χ0v) is 9.86. The van der Waals surface area contributed by atoms with Gasteiger partial charge in [-0.3, -0.25) is 4.90 Å². The van der Waals surface area contributed by atoms with Crippen LogP contribution in [-0.2, 0) is 0 Å². The van der Waals surface area contributed by atoms with Crippen molar-refractivity contribution >= 4 is 0 Å². The fourth-order valence-electron chi connectivity index (χ4n) is 2.68. The summed E-state index contributed by atoms with van der Waals surface area (Å²) in [6, 6.07) is 0.360. The maximum absolute atomic E-state index is 10.2. The molecule has 3 nitrogen and oxygen atoms in total. The van der Waals surface area contributed by atoms with Gasteiger partial charge in [0.15, 0.2) is 0 Å². The molecule has 0 aromatic carbocycles. The summed E-state index contributed by atoms with van der Waals surface area (Å²) in [6.07, 6.45) is -0.342. The van der Waals surface area contributed by atoms with E-state index in [1.807, 2.05) is 20.9 Å². The minimum absolute atomic E-state index is 0.0451. The van der Waals surface area contributed by atoms with Crippen LogP contribution in [0.3, 0.4) is 0 Å². The van der Waals surface area contributed by atoms with Crippen LogP contribution in [0.15, 0.2) is 0 Å². The predicted octanol–water partition coefficient (Wildman–Crippen LogP) is 0.704. The Hall–Kier alpha value is -0.120. The third kappa shape index (κ3) is 1.58. The number of hydrogen-bond acceptors (Lipinski definition) is 3. The number of aliphatic hydroxyl groups is 2. The molecule has 0 aromatic heterocycles. The van der Waals surface area contributed by atoms with E-state index < -0.39 is 0 Å². The number of hydrogen-bond donors (Lipinski definition) is 2. The van der Waals surface area contributed by atoms with Gasteiger partial charge in [0.25, 0.3) is 0 Å². The van der Waals surface area contributed by atoms with Crippen molar-refractivity contribution in [1.29, 1.82) is 0 Å². The van der Waals surface area contributed by atoms with Gasteiger partial charge in [0, 0.05) is 17.5 Å². The lowest BCUT2D eigenvalue weighted by atomic mass is 9.68. The molecule has 2 N–H and O–H groups in total. The molecule has 0 bridgehead atoms. The van der Waals surface area contributed by atoms with Gasteiger partial charge >= 0.3 is 0 Å². The van der Waals surface area contributed by atoms with Gasteiger partial charge in [0.2, 0.25) is 0 Å². The van der Waals surface area contributed by atoms with E-state index in [0.29, 0.717) is 6.04 Å². The molecule has 1 aliphatic rings. The minimum Gasteiger partial charge on any atom is -0.395 e. The maximum Gasteiger partial charge on any atom is 0.0647 e. The van der Waals surface area contributed by atoms with Crippen molar-refractivity contribution < 1.29 is 10.2 Å². The Morgan fingerprint density at radius 2 is 1.79 bits per heavy atom. The summed E-state index contributed by atoms with van der Waals surface area (Å²) in [7, 11) is 2.02. The number of aliphatic hydroxyl groups excluding tert-OH is 2. The summed E-state index contributed by atoms with van der Waals surface area (Å²) in [5.41, 5.74) is -0.241. The number of likely N-dealkylation sites (tertiary alicyclic amines) is 1. The maximum atomic E-state index is 10.2. The number of likely N-dealkylation sites (N-methyl/N-ethyl adjacent to an activating group) is 1. The molecule has 1 aliphatic heterocycles. The first-order valence-electron chi connectivity index (χ1n) is 5.35. The summed E-state index contributed by atoms with van der Waals surface area (Å²) < 4.78 is 0. The molecular formula is C11H23NO2. The monoisotopic (exact) mass is 201 g/mol. The van der Waals surface area contributed by atoms with Crippen LogP contribution in [0.5, 0.6) is 0 Å². The molecular weight excluding hydrogens is 178 g/mol. The van der Waals surface area contributed by atoms with Gasteiger partial charge in [-0.1, -0.05) is 20.8 Å².